The predicted molar refractivity (Wildman–Crippen MR) is 93.8 cm³/mol. The molecule has 0 radical (unpaired) electrons. The van der Waals surface area contributed by atoms with E-state index in [9.17, 15) is 9.90 Å². The van der Waals surface area contributed by atoms with Gasteiger partial charge in [-0.15, -0.1) is 0 Å². The van der Waals surface area contributed by atoms with Crippen molar-refractivity contribution in [1.82, 2.24) is 19.2 Å². The highest BCUT2D eigenvalue weighted by Crippen LogP contribution is 2.23. The van der Waals surface area contributed by atoms with Crippen LogP contribution in [0.15, 0.2) is 18.5 Å². The maximum absolute atomic E-state index is 12.9. The number of hydrogen-bond acceptors (Lipinski definition) is 4. The van der Waals surface area contributed by atoms with Gasteiger partial charge in [0.1, 0.15) is 12.2 Å². The molecule has 1 aliphatic rings. The number of amides is 1. The summed E-state index contributed by atoms with van der Waals surface area (Å²) in [4.78, 5) is 14.5. The Morgan fingerprint density at radius 1 is 1.32 bits per heavy atom. The molecule has 1 fully saturated rings. The third-order valence-corrected chi connectivity index (χ3v) is 4.87. The minimum atomic E-state index is -0.705. The molecule has 1 N–H and O–H groups in total. The topological polar surface area (TPSA) is 72.5 Å². The third-order valence-electron chi connectivity index (χ3n) is 4.87. The summed E-state index contributed by atoms with van der Waals surface area (Å²) in [5, 5.41) is 14.5. The number of β-amino-alcohol motifs (C(OH)–C–C–N with tert-alkyl or cyclic N) is 1. The van der Waals surface area contributed by atoms with Gasteiger partial charge in [-0.05, 0) is 33.8 Å². The maximum Gasteiger partial charge on any atom is 0.255 e. The van der Waals surface area contributed by atoms with Crippen LogP contribution in [0.3, 0.4) is 0 Å². The molecule has 0 aliphatic carbocycles. The van der Waals surface area contributed by atoms with Gasteiger partial charge in [-0.1, -0.05) is 0 Å². The Kier molecular flexibility index (Phi) is 4.85. The predicted octanol–water partition coefficient (Wildman–Crippen LogP) is 1.61. The van der Waals surface area contributed by atoms with E-state index in [1.807, 2.05) is 26.8 Å². The fourth-order valence-electron chi connectivity index (χ4n) is 3.47. The lowest BCUT2D eigenvalue weighted by Gasteiger charge is -2.16. The second-order valence-corrected chi connectivity index (χ2v) is 6.49. The molecule has 3 rings (SSSR count). The van der Waals surface area contributed by atoms with E-state index in [2.05, 4.69) is 16.6 Å². The molecular weight excluding hydrogens is 320 g/mol. The first-order valence-electron chi connectivity index (χ1n) is 8.77. The van der Waals surface area contributed by atoms with E-state index in [1.165, 1.54) is 0 Å². The van der Waals surface area contributed by atoms with Crippen LogP contribution < -0.4 is 4.74 Å². The average Bonchev–Trinajstić information content (AvgIpc) is 3.26. The van der Waals surface area contributed by atoms with Crippen LogP contribution in [0.5, 0.6) is 5.75 Å². The van der Waals surface area contributed by atoms with Crippen molar-refractivity contribution in [2.75, 3.05) is 13.1 Å². The Labute approximate surface area is 147 Å². The van der Waals surface area contributed by atoms with Crippen molar-refractivity contribution in [2.45, 2.75) is 53.0 Å². The summed E-state index contributed by atoms with van der Waals surface area (Å²) < 4.78 is 9.72. The van der Waals surface area contributed by atoms with Gasteiger partial charge >= 0.3 is 0 Å². The molecule has 2 atom stereocenters. The van der Waals surface area contributed by atoms with Crippen LogP contribution in [0.4, 0.5) is 0 Å². The second kappa shape index (κ2) is 6.92. The lowest BCUT2D eigenvalue weighted by molar-refractivity contribution is 0.0729. The number of ether oxygens (including phenoxy) is 1. The van der Waals surface area contributed by atoms with E-state index in [0.717, 1.165) is 24.5 Å². The standard InChI is InChI=1S/C18H26N4O3/c1-5-21-9-14(8-19-21)25-17-11-20(10-16(17)23)18(24)15-7-12(3)22(6-2)13(15)4/h7-9,16-17,23H,5-6,10-11H2,1-4H3/t16-,17-/m1/s1. The number of nitrogens with zero attached hydrogens (tertiary/aromatic N) is 4. The van der Waals surface area contributed by atoms with E-state index < -0.39 is 12.2 Å². The van der Waals surface area contributed by atoms with Gasteiger partial charge in [-0.25, -0.2) is 0 Å². The molecule has 0 aromatic carbocycles. The van der Waals surface area contributed by atoms with Crippen LogP contribution in [0.1, 0.15) is 35.6 Å². The summed E-state index contributed by atoms with van der Waals surface area (Å²) >= 11 is 0. The van der Waals surface area contributed by atoms with Gasteiger partial charge in [-0.2, -0.15) is 5.10 Å². The summed E-state index contributed by atoms with van der Waals surface area (Å²) in [6.07, 6.45) is 2.29. The molecule has 0 saturated carbocycles. The van der Waals surface area contributed by atoms with Crippen LogP contribution in [0.2, 0.25) is 0 Å². The Morgan fingerprint density at radius 3 is 2.68 bits per heavy atom. The number of aromatic nitrogens is 3. The molecule has 1 aliphatic heterocycles. The number of aliphatic hydroxyl groups is 1. The normalized spacial score (nSPS) is 20.3. The molecule has 1 amide bonds. The molecule has 2 aromatic rings. The first kappa shape index (κ1) is 17.5. The summed E-state index contributed by atoms with van der Waals surface area (Å²) in [6, 6.07) is 1.92. The Balaban J connectivity index is 1.71. The van der Waals surface area contributed by atoms with Crippen molar-refractivity contribution in [3.63, 3.8) is 0 Å². The fraction of sp³-hybridized carbons (Fsp3) is 0.556. The van der Waals surface area contributed by atoms with E-state index in [-0.39, 0.29) is 12.5 Å². The summed E-state index contributed by atoms with van der Waals surface area (Å²) in [6.45, 7) is 10.3. The Bertz CT molecular complexity index is 764. The van der Waals surface area contributed by atoms with Crippen molar-refractivity contribution < 1.29 is 14.6 Å². The Morgan fingerprint density at radius 2 is 2.08 bits per heavy atom. The largest absolute Gasteiger partial charge is 0.482 e. The van der Waals surface area contributed by atoms with Crippen LogP contribution in [-0.2, 0) is 13.1 Å². The van der Waals surface area contributed by atoms with E-state index in [4.69, 9.17) is 4.74 Å². The molecule has 2 aromatic heterocycles. The number of aryl methyl sites for hydroxylation is 2. The van der Waals surface area contributed by atoms with Gasteiger partial charge < -0.3 is 19.3 Å². The number of rotatable bonds is 5. The monoisotopic (exact) mass is 346 g/mol. The van der Waals surface area contributed by atoms with E-state index >= 15 is 0 Å². The number of carbonyl (C=O) groups excluding carboxylic acids is 1. The number of hydrogen-bond donors (Lipinski definition) is 1. The molecule has 3 heterocycles. The average molecular weight is 346 g/mol. The minimum Gasteiger partial charge on any atom is -0.482 e. The molecule has 0 spiro atoms. The van der Waals surface area contributed by atoms with Crippen LogP contribution in [-0.4, -0.2) is 55.6 Å². The fourth-order valence-corrected chi connectivity index (χ4v) is 3.47. The van der Waals surface area contributed by atoms with Crippen LogP contribution in [0, 0.1) is 13.8 Å². The molecular formula is C18H26N4O3. The highest BCUT2D eigenvalue weighted by molar-refractivity contribution is 5.96. The lowest BCUT2D eigenvalue weighted by Crippen LogP contribution is -2.31. The number of likely N-dealkylation sites (tertiary alicyclic amines) is 1. The second-order valence-electron chi connectivity index (χ2n) is 6.49. The molecule has 25 heavy (non-hydrogen) atoms. The van der Waals surface area contributed by atoms with Crippen molar-refractivity contribution in [3.8, 4) is 5.75 Å². The maximum atomic E-state index is 12.9. The van der Waals surface area contributed by atoms with Gasteiger partial charge in [0.2, 0.25) is 0 Å². The number of carbonyl (C=O) groups is 1. The molecule has 136 valence electrons. The van der Waals surface area contributed by atoms with Crippen LogP contribution >= 0.6 is 0 Å². The van der Waals surface area contributed by atoms with Crippen molar-refractivity contribution >= 4 is 5.91 Å². The van der Waals surface area contributed by atoms with E-state index in [0.29, 0.717) is 17.9 Å². The lowest BCUT2D eigenvalue weighted by atomic mass is 10.2. The summed E-state index contributed by atoms with van der Waals surface area (Å²) in [7, 11) is 0. The highest BCUT2D eigenvalue weighted by atomic mass is 16.5. The quantitative estimate of drug-likeness (QED) is 0.893. The van der Waals surface area contributed by atoms with Crippen molar-refractivity contribution in [1.29, 1.82) is 0 Å². The van der Waals surface area contributed by atoms with Crippen LogP contribution in [0.25, 0.3) is 0 Å². The van der Waals surface area contributed by atoms with Crippen molar-refractivity contribution in [2.24, 2.45) is 0 Å². The smallest absolute Gasteiger partial charge is 0.255 e. The zero-order valence-corrected chi connectivity index (χ0v) is 15.3. The molecule has 0 unspecified atom stereocenters. The number of aliphatic hydroxyl groups excluding tert-OH is 1. The Hall–Kier alpha value is -2.28. The third kappa shape index (κ3) is 3.28. The van der Waals surface area contributed by atoms with Gasteiger partial charge in [0, 0.05) is 24.5 Å². The summed E-state index contributed by atoms with van der Waals surface area (Å²) in [5.41, 5.74) is 2.74. The highest BCUT2D eigenvalue weighted by Gasteiger charge is 2.37. The summed E-state index contributed by atoms with van der Waals surface area (Å²) in [5.74, 6) is 0.562. The first-order chi connectivity index (χ1) is 11.9. The van der Waals surface area contributed by atoms with Gasteiger partial charge in [0.25, 0.3) is 5.91 Å². The molecule has 1 saturated heterocycles. The molecule has 0 bridgehead atoms. The molecule has 7 heteroatoms. The van der Waals surface area contributed by atoms with E-state index in [1.54, 1.807) is 22.0 Å². The zero-order valence-electron chi connectivity index (χ0n) is 15.3. The first-order valence-corrected chi connectivity index (χ1v) is 8.77. The van der Waals surface area contributed by atoms with Gasteiger partial charge in [0.05, 0.1) is 31.0 Å². The molecule has 7 nitrogen and oxygen atoms in total. The SMILES string of the molecule is CCn1cc(O[C@@H]2CN(C(=O)c3cc(C)n(CC)c3C)C[C@H]2O)cn1. The van der Waals surface area contributed by atoms with Gasteiger partial charge in [-0.3, -0.25) is 9.48 Å². The van der Waals surface area contributed by atoms with Gasteiger partial charge in [0.15, 0.2) is 5.75 Å². The minimum absolute atomic E-state index is 0.0535. The zero-order chi connectivity index (χ0) is 18.1. The van der Waals surface area contributed by atoms with Crippen molar-refractivity contribution in [3.05, 3.63) is 35.4 Å².